The molecule has 0 N–H and O–H groups in total. The van der Waals surface area contributed by atoms with Crippen LogP contribution in [0.1, 0.15) is 46.1 Å². The molecule has 0 spiro atoms. The maximum Gasteiger partial charge on any atom is 0.286 e. The largest absolute Gasteiger partial charge is 0.455 e. The molecule has 0 atom stereocenters. The first-order valence-electron chi connectivity index (χ1n) is 7.08. The van der Waals surface area contributed by atoms with Crippen molar-refractivity contribution in [3.63, 3.8) is 0 Å². The van der Waals surface area contributed by atoms with Gasteiger partial charge in [0.15, 0.2) is 0 Å². The van der Waals surface area contributed by atoms with E-state index in [-0.39, 0.29) is 5.04 Å². The lowest BCUT2D eigenvalue weighted by Gasteiger charge is -2.33. The Labute approximate surface area is 119 Å². The molecule has 1 aromatic rings. The van der Waals surface area contributed by atoms with Crippen LogP contribution in [-0.4, -0.2) is 14.0 Å². The summed E-state index contributed by atoms with van der Waals surface area (Å²) in [6.45, 7) is 13.3. The van der Waals surface area contributed by atoms with Crippen LogP contribution in [0, 0.1) is 0 Å². The van der Waals surface area contributed by atoms with Gasteiger partial charge >= 0.3 is 0 Å². The highest BCUT2D eigenvalue weighted by atomic mass is 28.4. The summed E-state index contributed by atoms with van der Waals surface area (Å²) in [7, 11) is -1.82. The number of benzene rings is 1. The predicted octanol–water partition coefficient (Wildman–Crippen LogP) is 5.21. The van der Waals surface area contributed by atoms with Gasteiger partial charge in [0.25, 0.3) is 8.32 Å². The minimum Gasteiger partial charge on any atom is -0.455 e. The molecule has 3 heteroatoms. The van der Waals surface area contributed by atoms with Crippen molar-refractivity contribution in [1.29, 1.82) is 0 Å². The van der Waals surface area contributed by atoms with Crippen molar-refractivity contribution in [2.75, 3.05) is 0 Å². The van der Waals surface area contributed by atoms with Gasteiger partial charge in [0, 0.05) is 0 Å². The number of hydrogen-bond donors (Lipinski definition) is 0. The van der Waals surface area contributed by atoms with Crippen LogP contribution in [0.15, 0.2) is 35.5 Å². The lowest BCUT2D eigenvalue weighted by atomic mass is 10.1. The van der Waals surface area contributed by atoms with Crippen LogP contribution in [0.3, 0.4) is 0 Å². The van der Waals surface area contributed by atoms with Crippen LogP contribution in [0.5, 0.6) is 0 Å². The zero-order chi connectivity index (χ0) is 14.5. The quantitative estimate of drug-likeness (QED) is 0.411. The molecular formula is C16H27NOSi. The monoisotopic (exact) mass is 277 g/mol. The predicted molar refractivity (Wildman–Crippen MR) is 86.2 cm³/mol. The van der Waals surface area contributed by atoms with Crippen molar-refractivity contribution < 1.29 is 4.53 Å². The summed E-state index contributed by atoms with van der Waals surface area (Å²) < 4.78 is 5.99. The molecule has 0 fully saturated rings. The molecule has 0 amide bonds. The van der Waals surface area contributed by atoms with Gasteiger partial charge in [0.1, 0.15) is 0 Å². The summed E-state index contributed by atoms with van der Waals surface area (Å²) in [5, 5.41) is 4.69. The molecule has 1 rings (SSSR count). The maximum absolute atomic E-state index is 5.99. The molecule has 0 aliphatic carbocycles. The van der Waals surface area contributed by atoms with Crippen molar-refractivity contribution in [2.45, 2.75) is 58.7 Å². The van der Waals surface area contributed by atoms with Crippen LogP contribution in [0.2, 0.25) is 18.1 Å². The molecule has 19 heavy (non-hydrogen) atoms. The first-order chi connectivity index (χ1) is 8.78. The van der Waals surface area contributed by atoms with E-state index in [4.69, 9.17) is 4.53 Å². The molecule has 0 bridgehead atoms. The Kier molecular flexibility index (Phi) is 5.35. The third-order valence-electron chi connectivity index (χ3n) is 3.78. The van der Waals surface area contributed by atoms with Gasteiger partial charge in [-0.1, -0.05) is 64.4 Å². The standard InChI is InChI=1S/C16H27NOSi/c1-7-11-15(14-12-9-8-10-13-14)17-18-19(5,6)16(2,3)4/h8-10,12-13H,7,11H2,1-6H3/b17-15+. The molecule has 0 unspecified atom stereocenters. The molecular weight excluding hydrogens is 250 g/mol. The van der Waals surface area contributed by atoms with E-state index in [0.29, 0.717) is 0 Å². The van der Waals surface area contributed by atoms with Crippen LogP contribution < -0.4 is 0 Å². The zero-order valence-electron chi connectivity index (χ0n) is 13.2. The second kappa shape index (κ2) is 6.37. The molecule has 0 radical (unpaired) electrons. The van der Waals surface area contributed by atoms with Gasteiger partial charge in [-0.15, -0.1) is 5.16 Å². The Balaban J connectivity index is 2.92. The van der Waals surface area contributed by atoms with Gasteiger partial charge < -0.3 is 4.53 Å². The molecule has 0 heterocycles. The average molecular weight is 277 g/mol. The van der Waals surface area contributed by atoms with Crippen LogP contribution >= 0.6 is 0 Å². The highest BCUT2D eigenvalue weighted by Gasteiger charge is 2.39. The molecule has 0 aliphatic heterocycles. The second-order valence-corrected chi connectivity index (χ2v) is 11.2. The first kappa shape index (κ1) is 16.0. The fraction of sp³-hybridized carbons (Fsp3) is 0.562. The van der Waals surface area contributed by atoms with E-state index in [1.807, 2.05) is 18.2 Å². The number of hydrogen-bond acceptors (Lipinski definition) is 2. The second-order valence-electron chi connectivity index (χ2n) is 6.51. The fourth-order valence-electron chi connectivity index (χ4n) is 1.42. The summed E-state index contributed by atoms with van der Waals surface area (Å²) in [4.78, 5) is 0. The molecule has 0 aromatic heterocycles. The zero-order valence-corrected chi connectivity index (χ0v) is 14.2. The van der Waals surface area contributed by atoms with E-state index < -0.39 is 8.32 Å². The third-order valence-corrected chi connectivity index (χ3v) is 7.94. The Morgan fingerprint density at radius 2 is 1.74 bits per heavy atom. The Morgan fingerprint density at radius 3 is 2.21 bits per heavy atom. The fourth-order valence-corrected chi connectivity index (χ4v) is 2.03. The van der Waals surface area contributed by atoms with E-state index in [9.17, 15) is 0 Å². The van der Waals surface area contributed by atoms with Crippen LogP contribution in [-0.2, 0) is 4.53 Å². The van der Waals surface area contributed by atoms with Crippen molar-refractivity contribution in [3.05, 3.63) is 35.9 Å². The Morgan fingerprint density at radius 1 is 1.16 bits per heavy atom. The molecule has 0 aliphatic rings. The number of rotatable bonds is 5. The number of nitrogens with zero attached hydrogens (tertiary/aromatic N) is 1. The van der Waals surface area contributed by atoms with Crippen molar-refractivity contribution in [3.8, 4) is 0 Å². The third kappa shape index (κ3) is 4.50. The summed E-state index contributed by atoms with van der Waals surface area (Å²) >= 11 is 0. The summed E-state index contributed by atoms with van der Waals surface area (Å²) in [6.07, 6.45) is 2.03. The van der Waals surface area contributed by atoms with Gasteiger partial charge in [-0.25, -0.2) is 0 Å². The normalized spacial score (nSPS) is 13.5. The average Bonchev–Trinajstić information content (AvgIpc) is 2.34. The summed E-state index contributed by atoms with van der Waals surface area (Å²) in [5.41, 5.74) is 2.23. The minimum absolute atomic E-state index is 0.185. The summed E-state index contributed by atoms with van der Waals surface area (Å²) in [6, 6.07) is 10.3. The van der Waals surface area contributed by atoms with Gasteiger partial charge in [-0.3, -0.25) is 0 Å². The van der Waals surface area contributed by atoms with E-state index in [2.05, 4.69) is 58.1 Å². The molecule has 2 nitrogen and oxygen atoms in total. The molecule has 0 saturated heterocycles. The summed E-state index contributed by atoms with van der Waals surface area (Å²) in [5.74, 6) is 0. The van der Waals surface area contributed by atoms with E-state index >= 15 is 0 Å². The van der Waals surface area contributed by atoms with Crippen molar-refractivity contribution in [2.24, 2.45) is 5.16 Å². The topological polar surface area (TPSA) is 21.6 Å². The van der Waals surface area contributed by atoms with Gasteiger partial charge in [-0.05, 0) is 30.1 Å². The lowest BCUT2D eigenvalue weighted by Crippen LogP contribution is -2.39. The van der Waals surface area contributed by atoms with Crippen LogP contribution in [0.25, 0.3) is 0 Å². The van der Waals surface area contributed by atoms with E-state index in [0.717, 1.165) is 18.6 Å². The highest BCUT2D eigenvalue weighted by molar-refractivity contribution is 6.74. The minimum atomic E-state index is -1.82. The molecule has 1 aromatic carbocycles. The van der Waals surface area contributed by atoms with E-state index in [1.165, 1.54) is 5.56 Å². The van der Waals surface area contributed by atoms with Gasteiger partial charge in [-0.2, -0.15) is 0 Å². The molecule has 0 saturated carbocycles. The van der Waals surface area contributed by atoms with E-state index in [1.54, 1.807) is 0 Å². The van der Waals surface area contributed by atoms with Crippen molar-refractivity contribution >= 4 is 14.0 Å². The Hall–Kier alpha value is -1.09. The van der Waals surface area contributed by atoms with Gasteiger partial charge in [0.05, 0.1) is 5.71 Å². The van der Waals surface area contributed by atoms with Gasteiger partial charge in [0.2, 0.25) is 0 Å². The first-order valence-corrected chi connectivity index (χ1v) is 9.99. The van der Waals surface area contributed by atoms with Crippen LogP contribution in [0.4, 0.5) is 0 Å². The number of oxime groups is 1. The maximum atomic E-state index is 5.99. The highest BCUT2D eigenvalue weighted by Crippen LogP contribution is 2.36. The Bertz CT molecular complexity index is 418. The lowest BCUT2D eigenvalue weighted by molar-refractivity contribution is 0.307. The van der Waals surface area contributed by atoms with Crippen molar-refractivity contribution in [1.82, 2.24) is 0 Å². The smallest absolute Gasteiger partial charge is 0.286 e. The SMILES string of the molecule is CCC/C(=N\O[Si](C)(C)C(C)(C)C)c1ccccc1. The molecule has 106 valence electrons.